The van der Waals surface area contributed by atoms with E-state index in [1.807, 2.05) is 5.38 Å². The van der Waals surface area contributed by atoms with Crippen molar-refractivity contribution in [1.82, 2.24) is 19.3 Å². The van der Waals surface area contributed by atoms with Crippen molar-refractivity contribution >= 4 is 37.9 Å². The molecule has 0 bridgehead atoms. The summed E-state index contributed by atoms with van der Waals surface area (Å²) >= 11 is 7.40. The monoisotopic (exact) mass is 466 g/mol. The van der Waals surface area contributed by atoms with Crippen molar-refractivity contribution < 1.29 is 17.5 Å². The number of thiazole rings is 1. The maximum absolute atomic E-state index is 13.5. The highest BCUT2D eigenvalue weighted by molar-refractivity contribution is 7.89. The van der Waals surface area contributed by atoms with Crippen LogP contribution in [0.5, 0.6) is 5.75 Å². The van der Waals surface area contributed by atoms with Crippen LogP contribution in [-0.4, -0.2) is 36.7 Å². The van der Waals surface area contributed by atoms with Crippen molar-refractivity contribution in [2.45, 2.75) is 11.3 Å². The number of fused-ring (bicyclic) bond motifs is 1. The van der Waals surface area contributed by atoms with E-state index in [-0.39, 0.29) is 22.3 Å². The third-order valence-electron chi connectivity index (χ3n) is 4.34. The average Bonchev–Trinajstić information content (AvgIpc) is 3.29. The highest BCUT2D eigenvalue weighted by Crippen LogP contribution is 2.27. The van der Waals surface area contributed by atoms with Gasteiger partial charge in [-0.1, -0.05) is 23.7 Å². The summed E-state index contributed by atoms with van der Waals surface area (Å²) in [5.74, 6) is 0.451. The fourth-order valence-electron chi connectivity index (χ4n) is 2.86. The molecular weight excluding hydrogens is 451 g/mol. The molecule has 30 heavy (non-hydrogen) atoms. The fourth-order valence-corrected chi connectivity index (χ4v) is 5.09. The summed E-state index contributed by atoms with van der Waals surface area (Å²) in [5, 5.41) is 6.51. The maximum atomic E-state index is 13.5. The second-order valence-electron chi connectivity index (χ2n) is 6.31. The minimum atomic E-state index is -3.73. The number of nitrogens with one attached hydrogen (secondary N) is 1. The van der Waals surface area contributed by atoms with Crippen molar-refractivity contribution in [3.63, 3.8) is 0 Å². The second-order valence-corrected chi connectivity index (χ2v) is 9.32. The van der Waals surface area contributed by atoms with E-state index in [4.69, 9.17) is 16.3 Å². The predicted molar refractivity (Wildman–Crippen MR) is 113 cm³/mol. The lowest BCUT2D eigenvalue weighted by atomic mass is 10.2. The van der Waals surface area contributed by atoms with Gasteiger partial charge in [0.15, 0.2) is 5.82 Å². The number of hydrogen-bond acceptors (Lipinski definition) is 6. The van der Waals surface area contributed by atoms with E-state index in [1.165, 1.54) is 48.8 Å². The molecule has 0 amide bonds. The Kier molecular flexibility index (Phi) is 5.74. The number of hydrogen-bond donors (Lipinski definition) is 1. The Bertz CT molecular complexity index is 1320. The van der Waals surface area contributed by atoms with Crippen LogP contribution in [0.1, 0.15) is 5.69 Å². The molecule has 4 aromatic rings. The first-order chi connectivity index (χ1) is 14.4. The number of halogens is 2. The molecule has 0 atom stereocenters. The number of benzene rings is 2. The smallest absolute Gasteiger partial charge is 0.240 e. The molecule has 0 saturated heterocycles. The lowest BCUT2D eigenvalue weighted by molar-refractivity contribution is 0.414. The Morgan fingerprint density at radius 3 is 2.83 bits per heavy atom. The Hall–Kier alpha value is -2.53. The highest BCUT2D eigenvalue weighted by Gasteiger charge is 2.17. The van der Waals surface area contributed by atoms with Crippen LogP contribution in [-0.2, 0) is 16.4 Å². The lowest BCUT2D eigenvalue weighted by Gasteiger charge is -2.08. The van der Waals surface area contributed by atoms with Gasteiger partial charge in [0.25, 0.3) is 0 Å². The third kappa shape index (κ3) is 4.17. The summed E-state index contributed by atoms with van der Waals surface area (Å²) in [6.07, 6.45) is 0.398. The molecule has 0 aliphatic heterocycles. The zero-order valence-electron chi connectivity index (χ0n) is 15.7. The van der Waals surface area contributed by atoms with Gasteiger partial charge in [0.05, 0.1) is 22.7 Å². The van der Waals surface area contributed by atoms with Crippen LogP contribution in [0.25, 0.3) is 16.3 Å². The Balaban J connectivity index is 1.48. The number of methoxy groups -OCH3 is 1. The van der Waals surface area contributed by atoms with Crippen molar-refractivity contribution in [3.05, 3.63) is 64.4 Å². The summed E-state index contributed by atoms with van der Waals surface area (Å²) in [7, 11) is -2.27. The molecule has 7 nitrogen and oxygen atoms in total. The second kappa shape index (κ2) is 8.31. The summed E-state index contributed by atoms with van der Waals surface area (Å²) in [5.41, 5.74) is 1.37. The summed E-state index contributed by atoms with van der Waals surface area (Å²) in [6, 6.07) is 10.3. The van der Waals surface area contributed by atoms with E-state index in [1.54, 1.807) is 16.6 Å². The van der Waals surface area contributed by atoms with Crippen LogP contribution in [0.15, 0.2) is 52.7 Å². The van der Waals surface area contributed by atoms with Crippen molar-refractivity contribution in [1.29, 1.82) is 0 Å². The van der Waals surface area contributed by atoms with Crippen LogP contribution in [0.2, 0.25) is 5.02 Å². The summed E-state index contributed by atoms with van der Waals surface area (Å²) < 4.78 is 47.7. The molecule has 0 radical (unpaired) electrons. The SMILES string of the molecule is COc1ccc(S(=O)(=O)NCCc2csc3nc(-c4cccc(F)c4)nn23)cc1Cl. The standard InChI is InChI=1S/C19H16ClFN4O3S2/c1-28-17-6-5-15(10-16(17)20)30(26,27)22-8-7-14-11-29-19-23-18(24-25(14)19)12-3-2-4-13(21)9-12/h2-6,9-11,22H,7-8H2,1H3. The van der Waals surface area contributed by atoms with Crippen LogP contribution in [0.3, 0.4) is 0 Å². The molecule has 0 aliphatic carbocycles. The van der Waals surface area contributed by atoms with E-state index in [2.05, 4.69) is 14.8 Å². The van der Waals surface area contributed by atoms with E-state index in [9.17, 15) is 12.8 Å². The Labute approximate surface area is 181 Å². The average molecular weight is 467 g/mol. The van der Waals surface area contributed by atoms with E-state index >= 15 is 0 Å². The van der Waals surface area contributed by atoms with Gasteiger partial charge in [-0.2, -0.15) is 4.98 Å². The van der Waals surface area contributed by atoms with E-state index in [0.29, 0.717) is 28.5 Å². The van der Waals surface area contributed by atoms with Crippen LogP contribution in [0.4, 0.5) is 4.39 Å². The minimum absolute atomic E-state index is 0.0536. The molecule has 0 fully saturated rings. The molecular formula is C19H16ClFN4O3S2. The molecule has 0 saturated carbocycles. The first kappa shape index (κ1) is 20.7. The fraction of sp³-hybridized carbons (Fsp3) is 0.158. The van der Waals surface area contributed by atoms with Gasteiger partial charge in [0.2, 0.25) is 15.0 Å². The highest BCUT2D eigenvalue weighted by atomic mass is 35.5. The van der Waals surface area contributed by atoms with Crippen LogP contribution < -0.4 is 9.46 Å². The zero-order valence-corrected chi connectivity index (χ0v) is 18.1. The van der Waals surface area contributed by atoms with Crippen LogP contribution in [0, 0.1) is 5.82 Å². The molecule has 2 heterocycles. The topological polar surface area (TPSA) is 85.6 Å². The van der Waals surface area contributed by atoms with E-state index < -0.39 is 10.0 Å². The van der Waals surface area contributed by atoms with Crippen molar-refractivity contribution in [2.75, 3.05) is 13.7 Å². The molecule has 0 aliphatic rings. The lowest BCUT2D eigenvalue weighted by Crippen LogP contribution is -2.26. The number of aromatic nitrogens is 3. The number of nitrogens with zero attached hydrogens (tertiary/aromatic N) is 3. The molecule has 0 unspecified atom stereocenters. The molecule has 2 aromatic carbocycles. The number of sulfonamides is 1. The Morgan fingerprint density at radius 1 is 1.27 bits per heavy atom. The Morgan fingerprint density at radius 2 is 2.10 bits per heavy atom. The van der Waals surface area contributed by atoms with Gasteiger partial charge in [0, 0.05) is 23.9 Å². The summed E-state index contributed by atoms with van der Waals surface area (Å²) in [6.45, 7) is 0.160. The van der Waals surface area contributed by atoms with Gasteiger partial charge in [-0.3, -0.25) is 0 Å². The van der Waals surface area contributed by atoms with Gasteiger partial charge >= 0.3 is 0 Å². The molecule has 11 heteroatoms. The summed E-state index contributed by atoms with van der Waals surface area (Å²) in [4.78, 5) is 5.11. The zero-order chi connectivity index (χ0) is 21.3. The molecule has 156 valence electrons. The number of rotatable bonds is 7. The quantitative estimate of drug-likeness (QED) is 0.448. The van der Waals surface area contributed by atoms with Crippen LogP contribution >= 0.6 is 22.9 Å². The van der Waals surface area contributed by atoms with E-state index in [0.717, 1.165) is 5.69 Å². The molecule has 1 N–H and O–H groups in total. The van der Waals surface area contributed by atoms with Gasteiger partial charge in [0.1, 0.15) is 11.6 Å². The normalized spacial score (nSPS) is 11.8. The largest absolute Gasteiger partial charge is 0.495 e. The maximum Gasteiger partial charge on any atom is 0.240 e. The van der Waals surface area contributed by atoms with Gasteiger partial charge in [-0.05, 0) is 30.3 Å². The predicted octanol–water partition coefficient (Wildman–Crippen LogP) is 3.78. The first-order valence-corrected chi connectivity index (χ1v) is 11.5. The van der Waals surface area contributed by atoms with Gasteiger partial charge in [-0.15, -0.1) is 16.4 Å². The van der Waals surface area contributed by atoms with Crippen molar-refractivity contribution in [3.8, 4) is 17.1 Å². The first-order valence-electron chi connectivity index (χ1n) is 8.79. The van der Waals surface area contributed by atoms with Crippen molar-refractivity contribution in [2.24, 2.45) is 0 Å². The number of ether oxygens (including phenoxy) is 1. The molecule has 0 spiro atoms. The van der Waals surface area contributed by atoms with Gasteiger partial charge < -0.3 is 4.74 Å². The third-order valence-corrected chi connectivity index (χ3v) is 6.96. The molecule has 2 aromatic heterocycles. The molecule has 4 rings (SSSR count). The van der Waals surface area contributed by atoms with Gasteiger partial charge in [-0.25, -0.2) is 22.0 Å². The minimum Gasteiger partial charge on any atom is -0.495 e.